The Morgan fingerprint density at radius 2 is 1.94 bits per heavy atom. The molecule has 1 aliphatic carbocycles. The number of fused-ring (bicyclic) bond motifs is 1. The molecule has 0 saturated heterocycles. The lowest BCUT2D eigenvalue weighted by Crippen LogP contribution is -2.38. The Balaban J connectivity index is 1.34. The Morgan fingerprint density at radius 3 is 2.68 bits per heavy atom. The molecule has 0 radical (unpaired) electrons. The first-order chi connectivity index (χ1) is 16.5. The molecular weight excluding hydrogens is 440 g/mol. The van der Waals surface area contributed by atoms with Crippen molar-refractivity contribution in [1.29, 1.82) is 0 Å². The Kier molecular flexibility index (Phi) is 7.82. The third-order valence-electron chi connectivity index (χ3n) is 6.44. The minimum Gasteiger partial charge on any atom is -0.481 e. The summed E-state index contributed by atoms with van der Waals surface area (Å²) in [7, 11) is 1.45. The maximum Gasteiger partial charge on any atom is 0.213 e. The van der Waals surface area contributed by atoms with Gasteiger partial charge in [-0.2, -0.15) is 0 Å². The second-order valence-electron chi connectivity index (χ2n) is 8.65. The minimum atomic E-state index is -1.42. The van der Waals surface area contributed by atoms with E-state index in [1.165, 1.54) is 19.2 Å². The highest BCUT2D eigenvalue weighted by molar-refractivity contribution is 5.78. The van der Waals surface area contributed by atoms with Crippen molar-refractivity contribution in [2.24, 2.45) is 5.92 Å². The number of benzene rings is 1. The Bertz CT molecular complexity index is 1150. The molecule has 1 aromatic carbocycles. The van der Waals surface area contributed by atoms with Crippen molar-refractivity contribution in [3.05, 3.63) is 71.4 Å². The van der Waals surface area contributed by atoms with Gasteiger partial charge in [-0.3, -0.25) is 4.98 Å². The number of nitrogens with zero attached hydrogens (tertiary/aromatic N) is 2. The number of aliphatic hydroxyl groups excluding tert-OH is 2. The Hall–Kier alpha value is -2.94. The van der Waals surface area contributed by atoms with Crippen molar-refractivity contribution >= 4 is 17.1 Å². The van der Waals surface area contributed by atoms with Crippen LogP contribution >= 0.6 is 0 Å². The lowest BCUT2D eigenvalue weighted by Gasteiger charge is -2.34. The van der Waals surface area contributed by atoms with Gasteiger partial charge in [-0.25, -0.2) is 13.8 Å². The first-order valence-electron chi connectivity index (χ1n) is 11.5. The smallest absolute Gasteiger partial charge is 0.213 e. The van der Waals surface area contributed by atoms with Gasteiger partial charge in [-0.15, -0.1) is 0 Å². The van der Waals surface area contributed by atoms with Crippen molar-refractivity contribution in [3.8, 4) is 5.88 Å². The molecule has 2 aromatic heterocycles. The van der Waals surface area contributed by atoms with Crippen LogP contribution in [0.15, 0.2) is 48.7 Å². The van der Waals surface area contributed by atoms with Crippen LogP contribution in [0.1, 0.15) is 42.9 Å². The number of nitrogens with one attached hydrogen (secondary N) is 1. The fourth-order valence-corrected chi connectivity index (χ4v) is 4.57. The van der Waals surface area contributed by atoms with Crippen molar-refractivity contribution in [2.45, 2.75) is 43.9 Å². The van der Waals surface area contributed by atoms with Crippen molar-refractivity contribution in [3.63, 3.8) is 0 Å². The molecule has 0 aliphatic heterocycles. The van der Waals surface area contributed by atoms with Crippen molar-refractivity contribution in [2.75, 3.05) is 13.7 Å². The summed E-state index contributed by atoms with van der Waals surface area (Å²) in [6.45, 7) is 0.652. The standard InChI is InChI=1S/C26H29F2N3O3/c1-34-22-12-11-21-24(31-22)23(20(28)15-30-21)26(33)25(32)17-7-9-19(10-8-17)29-13-3-5-16-4-2-6-18(27)14-16/h2-6,11-12,14-15,17,19,25-26,29,32-33H,7-10,13H2,1H3/t17-,19-,25-,26-/m1/s1. The number of methoxy groups -OCH3 is 1. The van der Waals surface area contributed by atoms with Crippen LogP contribution in [0.4, 0.5) is 8.78 Å². The molecule has 0 unspecified atom stereocenters. The molecule has 180 valence electrons. The zero-order chi connectivity index (χ0) is 24.1. The summed E-state index contributed by atoms with van der Waals surface area (Å²) < 4.78 is 33.0. The fourth-order valence-electron chi connectivity index (χ4n) is 4.57. The second kappa shape index (κ2) is 11.0. The Morgan fingerprint density at radius 1 is 1.15 bits per heavy atom. The average molecular weight is 470 g/mol. The fraction of sp³-hybridized carbons (Fsp3) is 0.385. The maximum absolute atomic E-state index is 14.7. The summed E-state index contributed by atoms with van der Waals surface area (Å²) in [5.41, 5.74) is 1.36. The van der Waals surface area contributed by atoms with Gasteiger partial charge >= 0.3 is 0 Å². The summed E-state index contributed by atoms with van der Waals surface area (Å²) in [5, 5.41) is 25.3. The molecule has 8 heteroatoms. The number of aromatic nitrogens is 2. The van der Waals surface area contributed by atoms with Gasteiger partial charge in [0.1, 0.15) is 23.3 Å². The lowest BCUT2D eigenvalue weighted by atomic mass is 9.80. The van der Waals surface area contributed by atoms with Gasteiger partial charge in [0, 0.05) is 24.2 Å². The van der Waals surface area contributed by atoms with E-state index in [0.29, 0.717) is 24.9 Å². The lowest BCUT2D eigenvalue weighted by molar-refractivity contribution is -0.0315. The van der Waals surface area contributed by atoms with Crippen molar-refractivity contribution in [1.82, 2.24) is 15.3 Å². The maximum atomic E-state index is 14.7. The van der Waals surface area contributed by atoms with E-state index in [2.05, 4.69) is 15.3 Å². The van der Waals surface area contributed by atoms with Gasteiger partial charge in [-0.05, 0) is 55.4 Å². The van der Waals surface area contributed by atoms with Gasteiger partial charge in [0.2, 0.25) is 5.88 Å². The highest BCUT2D eigenvalue weighted by Gasteiger charge is 2.33. The highest BCUT2D eigenvalue weighted by Crippen LogP contribution is 2.35. The molecule has 1 fully saturated rings. The molecule has 1 aliphatic rings. The van der Waals surface area contributed by atoms with Crippen molar-refractivity contribution < 1.29 is 23.7 Å². The van der Waals surface area contributed by atoms with E-state index < -0.39 is 18.0 Å². The molecule has 2 atom stereocenters. The number of rotatable bonds is 8. The summed E-state index contributed by atoms with van der Waals surface area (Å²) in [5.74, 6) is -0.853. The number of aliphatic hydroxyl groups is 2. The monoisotopic (exact) mass is 469 g/mol. The SMILES string of the molecule is COc1ccc2ncc(F)c([C@@H](O)[C@H](O)[C@H]3CC[C@H](NCC=Cc4cccc(F)c4)CC3)c2n1. The summed E-state index contributed by atoms with van der Waals surface area (Å²) in [4.78, 5) is 8.27. The van der Waals surface area contributed by atoms with Crippen LogP contribution in [-0.4, -0.2) is 46.0 Å². The largest absolute Gasteiger partial charge is 0.481 e. The normalized spacial score (nSPS) is 20.5. The predicted octanol–water partition coefficient (Wildman–Crippen LogP) is 4.17. The van der Waals surface area contributed by atoms with Gasteiger partial charge in [0.25, 0.3) is 0 Å². The van der Waals surface area contributed by atoms with E-state index in [1.807, 2.05) is 18.2 Å². The number of halogens is 2. The molecule has 2 heterocycles. The Labute approximate surface area is 197 Å². The molecule has 3 aromatic rings. The quantitative estimate of drug-likeness (QED) is 0.459. The molecule has 0 amide bonds. The zero-order valence-corrected chi connectivity index (χ0v) is 19.0. The summed E-state index contributed by atoms with van der Waals surface area (Å²) >= 11 is 0. The van der Waals surface area contributed by atoms with Crippen LogP contribution in [0, 0.1) is 17.6 Å². The molecule has 1 saturated carbocycles. The molecule has 4 rings (SSSR count). The van der Waals surface area contributed by atoms with Crippen LogP contribution in [0.5, 0.6) is 5.88 Å². The van der Waals surface area contributed by atoms with Crippen LogP contribution in [-0.2, 0) is 0 Å². The van der Waals surface area contributed by atoms with Gasteiger partial charge in [-0.1, -0.05) is 24.3 Å². The van der Waals surface area contributed by atoms with E-state index in [1.54, 1.807) is 18.2 Å². The third kappa shape index (κ3) is 5.58. The van der Waals surface area contributed by atoms with E-state index in [0.717, 1.165) is 24.6 Å². The summed E-state index contributed by atoms with van der Waals surface area (Å²) in [6.07, 6.45) is 5.38. The molecule has 0 spiro atoms. The average Bonchev–Trinajstić information content (AvgIpc) is 2.86. The van der Waals surface area contributed by atoms with Gasteiger partial charge in [0.15, 0.2) is 0 Å². The zero-order valence-electron chi connectivity index (χ0n) is 19.0. The number of hydrogen-bond donors (Lipinski definition) is 3. The number of hydrogen-bond acceptors (Lipinski definition) is 6. The first kappa shape index (κ1) is 24.2. The number of ether oxygens (including phenoxy) is 1. The second-order valence-corrected chi connectivity index (χ2v) is 8.65. The first-order valence-corrected chi connectivity index (χ1v) is 11.5. The summed E-state index contributed by atoms with van der Waals surface area (Å²) in [6, 6.07) is 9.95. The van der Waals surface area contributed by atoms with E-state index in [4.69, 9.17) is 4.74 Å². The van der Waals surface area contributed by atoms with Crippen LogP contribution < -0.4 is 10.1 Å². The molecule has 0 bridgehead atoms. The molecule has 3 N–H and O–H groups in total. The number of pyridine rings is 2. The molecule has 34 heavy (non-hydrogen) atoms. The highest BCUT2D eigenvalue weighted by atomic mass is 19.1. The minimum absolute atomic E-state index is 0.0564. The molecular formula is C26H29F2N3O3. The topological polar surface area (TPSA) is 87.5 Å². The predicted molar refractivity (Wildman–Crippen MR) is 126 cm³/mol. The van der Waals surface area contributed by atoms with E-state index in [-0.39, 0.29) is 34.7 Å². The molecule has 6 nitrogen and oxygen atoms in total. The third-order valence-corrected chi connectivity index (χ3v) is 6.44. The van der Waals surface area contributed by atoms with Gasteiger partial charge in [0.05, 0.1) is 24.9 Å². The van der Waals surface area contributed by atoms with Crippen LogP contribution in [0.3, 0.4) is 0 Å². The van der Waals surface area contributed by atoms with Gasteiger partial charge < -0.3 is 20.3 Å². The van der Waals surface area contributed by atoms with Crippen LogP contribution in [0.2, 0.25) is 0 Å². The van der Waals surface area contributed by atoms with E-state index >= 15 is 0 Å². The van der Waals surface area contributed by atoms with Crippen LogP contribution in [0.25, 0.3) is 17.1 Å². The van der Waals surface area contributed by atoms with E-state index in [9.17, 15) is 19.0 Å².